The van der Waals surface area contributed by atoms with E-state index in [0.717, 1.165) is 5.69 Å². The maximum Gasteiger partial charge on any atom is 0.257 e. The van der Waals surface area contributed by atoms with Gasteiger partial charge in [0.05, 0.1) is 23.0 Å². The second-order valence-corrected chi connectivity index (χ2v) is 11.3. The minimum Gasteiger partial charge on any atom is -0.378 e. The van der Waals surface area contributed by atoms with Gasteiger partial charge in [-0.15, -0.1) is 23.2 Å². The summed E-state index contributed by atoms with van der Waals surface area (Å²) in [7, 11) is 0. The highest BCUT2D eigenvalue weighted by molar-refractivity contribution is 6.53. The van der Waals surface area contributed by atoms with Gasteiger partial charge in [0.1, 0.15) is 10.1 Å². The van der Waals surface area contributed by atoms with Gasteiger partial charge in [-0.1, -0.05) is 34.8 Å². The highest BCUT2D eigenvalue weighted by Crippen LogP contribution is 2.65. The molecule has 0 heterocycles. The number of Topliss-reactive ketones (excluding diaryl/α,β-unsaturated/α-hetero) is 1. The van der Waals surface area contributed by atoms with Gasteiger partial charge in [0.25, 0.3) is 5.91 Å². The first-order valence-electron chi connectivity index (χ1n) is 11.0. The van der Waals surface area contributed by atoms with E-state index in [-0.39, 0.29) is 22.9 Å². The topological polar surface area (TPSA) is 87.3 Å². The van der Waals surface area contributed by atoms with Gasteiger partial charge >= 0.3 is 0 Å². The summed E-state index contributed by atoms with van der Waals surface area (Å²) in [6.07, 6.45) is 0. The van der Waals surface area contributed by atoms with Crippen molar-refractivity contribution in [3.8, 4) is 0 Å². The Morgan fingerprint density at radius 1 is 0.811 bits per heavy atom. The van der Waals surface area contributed by atoms with Crippen LogP contribution in [0, 0.1) is 5.92 Å². The molecular weight excluding hydrogens is 580 g/mol. The normalized spacial score (nSPS) is 17.6. The second-order valence-electron chi connectivity index (χ2n) is 8.60. The van der Waals surface area contributed by atoms with Crippen molar-refractivity contribution < 1.29 is 14.4 Å². The van der Waals surface area contributed by atoms with Crippen molar-refractivity contribution >= 4 is 92.7 Å². The molecule has 1 fully saturated rings. The number of hydrogen-bond acceptors (Lipinski definition) is 4. The Bertz CT molecular complexity index is 1360. The summed E-state index contributed by atoms with van der Waals surface area (Å²) in [6.45, 7) is 1.70. The third kappa shape index (κ3) is 6.51. The maximum absolute atomic E-state index is 13.0. The molecule has 1 aliphatic rings. The molecule has 3 N–H and O–H groups in total. The number of carbonyl (C=O) groups is 3. The van der Waals surface area contributed by atoms with E-state index in [0.29, 0.717) is 27.0 Å². The molecule has 37 heavy (non-hydrogen) atoms. The van der Waals surface area contributed by atoms with Crippen LogP contribution in [0.1, 0.15) is 28.8 Å². The monoisotopic (exact) mass is 597 g/mol. The van der Waals surface area contributed by atoms with Gasteiger partial charge in [-0.2, -0.15) is 0 Å². The molecule has 3 aromatic rings. The summed E-state index contributed by atoms with van der Waals surface area (Å²) in [5.41, 5.74) is 2.43. The Labute approximate surface area is 238 Å². The predicted octanol–water partition coefficient (Wildman–Crippen LogP) is 7.43. The first-order chi connectivity index (χ1) is 17.5. The first kappa shape index (κ1) is 27.6. The van der Waals surface area contributed by atoms with Crippen molar-refractivity contribution in [1.29, 1.82) is 0 Å². The fourth-order valence-electron chi connectivity index (χ4n) is 3.92. The molecule has 192 valence electrons. The number of nitrogens with one attached hydrogen (secondary N) is 3. The summed E-state index contributed by atoms with van der Waals surface area (Å²) < 4.78 is -1.34. The lowest BCUT2D eigenvalue weighted by molar-refractivity contribution is -0.117. The van der Waals surface area contributed by atoms with E-state index < -0.39 is 28.0 Å². The Morgan fingerprint density at radius 3 is 2.03 bits per heavy atom. The van der Waals surface area contributed by atoms with Crippen LogP contribution >= 0.6 is 58.0 Å². The van der Waals surface area contributed by atoms with Gasteiger partial charge in [0, 0.05) is 33.0 Å². The van der Waals surface area contributed by atoms with E-state index in [1.807, 2.05) is 0 Å². The average molecular weight is 600 g/mol. The number of ketones is 1. The lowest BCUT2D eigenvalue weighted by Gasteiger charge is -2.11. The molecule has 0 spiro atoms. The Hall–Kier alpha value is -2.48. The third-order valence-electron chi connectivity index (χ3n) is 5.74. The van der Waals surface area contributed by atoms with E-state index in [2.05, 4.69) is 16.0 Å². The number of alkyl halides is 2. The number of benzene rings is 3. The van der Waals surface area contributed by atoms with Crippen molar-refractivity contribution in [2.75, 3.05) is 22.5 Å². The summed E-state index contributed by atoms with van der Waals surface area (Å²) in [6, 6.07) is 16.3. The molecule has 4 rings (SSSR count). The molecule has 2 unspecified atom stereocenters. The van der Waals surface area contributed by atoms with Crippen LogP contribution in [0.15, 0.2) is 60.7 Å². The minimum atomic E-state index is -1.34. The average Bonchev–Trinajstić information content (AvgIpc) is 3.41. The van der Waals surface area contributed by atoms with E-state index in [4.69, 9.17) is 58.0 Å². The molecule has 0 saturated heterocycles. The van der Waals surface area contributed by atoms with Crippen molar-refractivity contribution in [2.45, 2.75) is 17.2 Å². The zero-order valence-corrected chi connectivity index (χ0v) is 23.0. The highest BCUT2D eigenvalue weighted by Gasteiger charge is 2.67. The maximum atomic E-state index is 13.0. The molecule has 0 aliphatic heterocycles. The fourth-order valence-corrected chi connectivity index (χ4v) is 5.49. The van der Waals surface area contributed by atoms with Crippen molar-refractivity contribution in [3.05, 3.63) is 86.9 Å². The van der Waals surface area contributed by atoms with E-state index in [1.54, 1.807) is 48.5 Å². The Balaban J connectivity index is 1.44. The van der Waals surface area contributed by atoms with Crippen LogP contribution in [-0.4, -0.2) is 28.5 Å². The van der Waals surface area contributed by atoms with Gasteiger partial charge in [-0.3, -0.25) is 14.4 Å². The zero-order valence-electron chi connectivity index (χ0n) is 19.2. The number of rotatable bonds is 8. The van der Waals surface area contributed by atoms with Crippen LogP contribution in [0.3, 0.4) is 0 Å². The first-order valence-corrected chi connectivity index (χ1v) is 12.9. The Morgan fingerprint density at radius 2 is 1.41 bits per heavy atom. The third-order valence-corrected chi connectivity index (χ3v) is 7.45. The smallest absolute Gasteiger partial charge is 0.257 e. The van der Waals surface area contributed by atoms with Gasteiger partial charge in [-0.25, -0.2) is 0 Å². The van der Waals surface area contributed by atoms with Crippen LogP contribution < -0.4 is 16.0 Å². The van der Waals surface area contributed by atoms with E-state index >= 15 is 0 Å². The quantitative estimate of drug-likeness (QED) is 0.235. The second kappa shape index (κ2) is 11.1. The standard InChI is InChI=1S/C26H20Cl5N3O3/c1-13(35)12-32-17-2-4-18(5-3-17)33-24(36)20-11-19(6-7-21(20)29)34-25(37)23-22(26(23,30)31)14-8-15(27)10-16(28)9-14/h2-11,22-23,32H,12H2,1H3,(H,33,36)(H,34,37). The van der Waals surface area contributed by atoms with Crippen LogP contribution in [-0.2, 0) is 9.59 Å². The predicted molar refractivity (Wildman–Crippen MR) is 151 cm³/mol. The minimum absolute atomic E-state index is 0.00726. The van der Waals surface area contributed by atoms with E-state index in [1.165, 1.54) is 19.1 Å². The number of anilines is 3. The molecule has 2 amide bonds. The molecule has 6 nitrogen and oxygen atoms in total. The van der Waals surface area contributed by atoms with Crippen LogP contribution in [0.5, 0.6) is 0 Å². The van der Waals surface area contributed by atoms with Crippen LogP contribution in [0.25, 0.3) is 0 Å². The van der Waals surface area contributed by atoms with Crippen molar-refractivity contribution in [2.24, 2.45) is 5.92 Å². The van der Waals surface area contributed by atoms with Crippen LogP contribution in [0.4, 0.5) is 17.1 Å². The molecule has 3 aromatic carbocycles. The van der Waals surface area contributed by atoms with Crippen LogP contribution in [0.2, 0.25) is 15.1 Å². The lowest BCUT2D eigenvalue weighted by Crippen LogP contribution is -2.18. The summed E-state index contributed by atoms with van der Waals surface area (Å²) in [4.78, 5) is 37.0. The molecule has 0 radical (unpaired) electrons. The number of amides is 2. The van der Waals surface area contributed by atoms with E-state index in [9.17, 15) is 14.4 Å². The van der Waals surface area contributed by atoms with Crippen molar-refractivity contribution in [3.63, 3.8) is 0 Å². The molecule has 1 saturated carbocycles. The molecule has 0 aromatic heterocycles. The SMILES string of the molecule is CC(=O)CNc1ccc(NC(=O)c2cc(NC(=O)C3C(c4cc(Cl)cc(Cl)c4)C3(Cl)Cl)ccc2Cl)cc1. The van der Waals surface area contributed by atoms with Gasteiger partial charge in [0.2, 0.25) is 5.91 Å². The van der Waals surface area contributed by atoms with Gasteiger partial charge < -0.3 is 16.0 Å². The van der Waals surface area contributed by atoms with Gasteiger partial charge in [-0.05, 0) is 73.2 Å². The summed E-state index contributed by atoms with van der Waals surface area (Å²) in [5.74, 6) is -2.14. The van der Waals surface area contributed by atoms with Gasteiger partial charge in [0.15, 0.2) is 0 Å². The van der Waals surface area contributed by atoms with Crippen molar-refractivity contribution in [1.82, 2.24) is 0 Å². The number of halogens is 5. The number of carbonyl (C=O) groups excluding carboxylic acids is 3. The molecule has 11 heteroatoms. The lowest BCUT2D eigenvalue weighted by atomic mass is 10.1. The summed E-state index contributed by atoms with van der Waals surface area (Å²) >= 11 is 31.3. The highest BCUT2D eigenvalue weighted by atomic mass is 35.5. The molecule has 0 bridgehead atoms. The zero-order chi connectivity index (χ0) is 26.9. The number of hydrogen-bond donors (Lipinski definition) is 3. The fraction of sp³-hybridized carbons (Fsp3) is 0.192. The summed E-state index contributed by atoms with van der Waals surface area (Å²) in [5, 5.41) is 9.52. The molecule has 2 atom stereocenters. The Kier molecular flexibility index (Phi) is 8.26. The largest absolute Gasteiger partial charge is 0.378 e. The molecule has 1 aliphatic carbocycles. The molecular formula is C26H20Cl5N3O3.